The third kappa shape index (κ3) is 3.78. The lowest BCUT2D eigenvalue weighted by Gasteiger charge is -2.18. The molecular formula is C21H22N2O5. The van der Waals surface area contributed by atoms with Crippen molar-refractivity contribution in [3.8, 4) is 17.2 Å². The predicted octanol–water partition coefficient (Wildman–Crippen LogP) is 2.83. The molecule has 1 N–H and O–H groups in total. The Balaban J connectivity index is 1.87. The number of methoxy groups -OCH3 is 3. The molecule has 0 fully saturated rings. The van der Waals surface area contributed by atoms with Crippen LogP contribution in [-0.2, 0) is 6.54 Å². The standard InChI is InChI=1S/C21H22N2O5/c1-23(21(25)13-5-8-18(27-3)19(11-13)28-4)12-15-9-14-10-16(26-2)6-7-17(14)22-20(15)24/h5-11H,12H2,1-4H3,(H,22,24). The summed E-state index contributed by atoms with van der Waals surface area (Å²) in [6.07, 6.45) is 0. The van der Waals surface area contributed by atoms with Gasteiger partial charge in [0, 0.05) is 29.1 Å². The SMILES string of the molecule is COc1ccc2[nH]c(=O)c(CN(C)C(=O)c3ccc(OC)c(OC)c3)cc2c1. The molecule has 1 aromatic heterocycles. The number of aromatic nitrogens is 1. The van der Waals surface area contributed by atoms with E-state index in [1.807, 2.05) is 6.07 Å². The van der Waals surface area contributed by atoms with Crippen LogP contribution in [0.15, 0.2) is 47.3 Å². The van der Waals surface area contributed by atoms with Crippen LogP contribution in [0.1, 0.15) is 15.9 Å². The molecule has 0 saturated carbocycles. The predicted molar refractivity (Wildman–Crippen MR) is 106 cm³/mol. The molecule has 0 aliphatic carbocycles. The van der Waals surface area contributed by atoms with Gasteiger partial charge < -0.3 is 24.1 Å². The van der Waals surface area contributed by atoms with Crippen LogP contribution < -0.4 is 19.8 Å². The number of carbonyl (C=O) groups excluding carboxylic acids is 1. The van der Waals surface area contributed by atoms with Crippen molar-refractivity contribution in [2.45, 2.75) is 6.54 Å². The third-order valence-electron chi connectivity index (χ3n) is 4.51. The Bertz CT molecular complexity index is 1070. The Morgan fingerprint density at radius 1 is 0.964 bits per heavy atom. The number of aromatic amines is 1. The zero-order valence-electron chi connectivity index (χ0n) is 16.2. The van der Waals surface area contributed by atoms with Gasteiger partial charge in [-0.15, -0.1) is 0 Å². The average Bonchev–Trinajstić information content (AvgIpc) is 2.72. The van der Waals surface area contributed by atoms with E-state index in [-0.39, 0.29) is 18.0 Å². The van der Waals surface area contributed by atoms with Crippen LogP contribution in [0.2, 0.25) is 0 Å². The van der Waals surface area contributed by atoms with Crippen molar-refractivity contribution in [1.82, 2.24) is 9.88 Å². The molecule has 0 saturated heterocycles. The largest absolute Gasteiger partial charge is 0.497 e. The normalized spacial score (nSPS) is 10.6. The van der Waals surface area contributed by atoms with E-state index < -0.39 is 0 Å². The van der Waals surface area contributed by atoms with E-state index in [0.29, 0.717) is 33.9 Å². The van der Waals surface area contributed by atoms with E-state index in [2.05, 4.69) is 4.98 Å². The summed E-state index contributed by atoms with van der Waals surface area (Å²) < 4.78 is 15.7. The summed E-state index contributed by atoms with van der Waals surface area (Å²) in [5.41, 5.74) is 1.41. The lowest BCUT2D eigenvalue weighted by atomic mass is 10.1. The van der Waals surface area contributed by atoms with Crippen molar-refractivity contribution < 1.29 is 19.0 Å². The molecule has 0 aliphatic rings. The molecule has 0 bridgehead atoms. The van der Waals surface area contributed by atoms with Crippen LogP contribution in [-0.4, -0.2) is 44.2 Å². The van der Waals surface area contributed by atoms with Crippen LogP contribution in [0.3, 0.4) is 0 Å². The van der Waals surface area contributed by atoms with E-state index in [1.165, 1.54) is 19.1 Å². The van der Waals surface area contributed by atoms with E-state index in [0.717, 1.165) is 5.39 Å². The van der Waals surface area contributed by atoms with Crippen LogP contribution >= 0.6 is 0 Å². The van der Waals surface area contributed by atoms with Gasteiger partial charge >= 0.3 is 0 Å². The highest BCUT2D eigenvalue weighted by Crippen LogP contribution is 2.28. The summed E-state index contributed by atoms with van der Waals surface area (Å²) in [5, 5.41) is 0.834. The molecule has 3 rings (SSSR count). The highest BCUT2D eigenvalue weighted by Gasteiger charge is 2.16. The molecule has 1 amide bonds. The van der Waals surface area contributed by atoms with Gasteiger partial charge in [0.05, 0.1) is 27.9 Å². The van der Waals surface area contributed by atoms with Crippen molar-refractivity contribution in [1.29, 1.82) is 0 Å². The fourth-order valence-corrected chi connectivity index (χ4v) is 2.99. The fraction of sp³-hybridized carbons (Fsp3) is 0.238. The van der Waals surface area contributed by atoms with Gasteiger partial charge in [-0.25, -0.2) is 0 Å². The second-order valence-electron chi connectivity index (χ2n) is 6.31. The molecule has 0 atom stereocenters. The Kier molecular flexibility index (Phi) is 5.54. The molecule has 28 heavy (non-hydrogen) atoms. The number of nitrogens with one attached hydrogen (secondary N) is 1. The molecule has 146 valence electrons. The first-order chi connectivity index (χ1) is 13.5. The first-order valence-corrected chi connectivity index (χ1v) is 8.64. The minimum atomic E-state index is -0.232. The van der Waals surface area contributed by atoms with Gasteiger partial charge in [-0.2, -0.15) is 0 Å². The van der Waals surface area contributed by atoms with Crippen molar-refractivity contribution in [3.05, 3.63) is 63.9 Å². The van der Waals surface area contributed by atoms with Crippen LogP contribution in [0, 0.1) is 0 Å². The highest BCUT2D eigenvalue weighted by atomic mass is 16.5. The Morgan fingerprint density at radius 3 is 2.39 bits per heavy atom. The molecule has 7 nitrogen and oxygen atoms in total. The number of hydrogen-bond donors (Lipinski definition) is 1. The fourth-order valence-electron chi connectivity index (χ4n) is 2.99. The lowest BCUT2D eigenvalue weighted by Crippen LogP contribution is -2.29. The zero-order chi connectivity index (χ0) is 20.3. The number of fused-ring (bicyclic) bond motifs is 1. The lowest BCUT2D eigenvalue weighted by molar-refractivity contribution is 0.0784. The van der Waals surface area contributed by atoms with Crippen molar-refractivity contribution in [3.63, 3.8) is 0 Å². The Labute approximate surface area is 162 Å². The molecule has 3 aromatic rings. The van der Waals surface area contributed by atoms with Gasteiger partial charge in [0.2, 0.25) is 0 Å². The van der Waals surface area contributed by atoms with Crippen molar-refractivity contribution >= 4 is 16.8 Å². The summed E-state index contributed by atoms with van der Waals surface area (Å²) in [4.78, 5) is 29.5. The zero-order valence-corrected chi connectivity index (χ0v) is 16.2. The summed E-state index contributed by atoms with van der Waals surface area (Å²) in [7, 11) is 6.28. The maximum absolute atomic E-state index is 12.8. The van der Waals surface area contributed by atoms with E-state index in [1.54, 1.807) is 50.6 Å². The number of pyridine rings is 1. The molecule has 0 aliphatic heterocycles. The first-order valence-electron chi connectivity index (χ1n) is 8.64. The molecule has 0 radical (unpaired) electrons. The van der Waals surface area contributed by atoms with Gasteiger partial charge in [-0.1, -0.05) is 0 Å². The molecule has 0 unspecified atom stereocenters. The van der Waals surface area contributed by atoms with Crippen LogP contribution in [0.25, 0.3) is 10.9 Å². The minimum Gasteiger partial charge on any atom is -0.497 e. The van der Waals surface area contributed by atoms with Crippen LogP contribution in [0.4, 0.5) is 0 Å². The Hall–Kier alpha value is -3.48. The Morgan fingerprint density at radius 2 is 1.71 bits per heavy atom. The summed E-state index contributed by atoms with van der Waals surface area (Å²) in [6, 6.07) is 12.1. The van der Waals surface area contributed by atoms with Crippen molar-refractivity contribution in [2.24, 2.45) is 0 Å². The number of nitrogens with zero attached hydrogens (tertiary/aromatic N) is 1. The number of carbonyl (C=O) groups is 1. The summed E-state index contributed by atoms with van der Waals surface area (Å²) >= 11 is 0. The number of ether oxygens (including phenoxy) is 3. The highest BCUT2D eigenvalue weighted by molar-refractivity contribution is 5.94. The van der Waals surface area contributed by atoms with E-state index in [9.17, 15) is 9.59 Å². The molecular weight excluding hydrogens is 360 g/mol. The number of hydrogen-bond acceptors (Lipinski definition) is 5. The average molecular weight is 382 g/mol. The summed E-state index contributed by atoms with van der Waals surface area (Å²) in [5.74, 6) is 1.48. The van der Waals surface area contributed by atoms with Gasteiger partial charge in [-0.3, -0.25) is 9.59 Å². The second-order valence-corrected chi connectivity index (χ2v) is 6.31. The monoisotopic (exact) mass is 382 g/mol. The van der Waals surface area contributed by atoms with Gasteiger partial charge in [-0.05, 0) is 42.5 Å². The number of rotatable bonds is 6. The molecule has 1 heterocycles. The number of H-pyrrole nitrogens is 1. The molecule has 0 spiro atoms. The van der Waals surface area contributed by atoms with E-state index in [4.69, 9.17) is 14.2 Å². The van der Waals surface area contributed by atoms with Gasteiger partial charge in [0.1, 0.15) is 5.75 Å². The van der Waals surface area contributed by atoms with Crippen LogP contribution in [0.5, 0.6) is 17.2 Å². The van der Waals surface area contributed by atoms with Crippen molar-refractivity contribution in [2.75, 3.05) is 28.4 Å². The second kappa shape index (κ2) is 8.04. The summed E-state index contributed by atoms with van der Waals surface area (Å²) in [6.45, 7) is 0.162. The maximum atomic E-state index is 12.8. The minimum absolute atomic E-state index is 0.162. The quantitative estimate of drug-likeness (QED) is 0.709. The topological polar surface area (TPSA) is 80.9 Å². The first kappa shape index (κ1) is 19.3. The third-order valence-corrected chi connectivity index (χ3v) is 4.51. The van der Waals surface area contributed by atoms with E-state index >= 15 is 0 Å². The van der Waals surface area contributed by atoms with Gasteiger partial charge in [0.25, 0.3) is 11.5 Å². The molecule has 7 heteroatoms. The number of amides is 1. The number of benzene rings is 2. The molecule has 2 aromatic carbocycles. The van der Waals surface area contributed by atoms with Gasteiger partial charge in [0.15, 0.2) is 11.5 Å². The smallest absolute Gasteiger partial charge is 0.254 e. The maximum Gasteiger partial charge on any atom is 0.254 e.